The molecule has 0 fully saturated rings. The second-order valence-corrected chi connectivity index (χ2v) is 12.5. The fourth-order valence-electron chi connectivity index (χ4n) is 5.48. The van der Waals surface area contributed by atoms with Crippen LogP contribution < -0.4 is 53.4 Å². The summed E-state index contributed by atoms with van der Waals surface area (Å²) in [4.78, 5) is 21.0. The Labute approximate surface area is 337 Å². The summed E-state index contributed by atoms with van der Waals surface area (Å²) in [6, 6.07) is 10.4. The van der Waals surface area contributed by atoms with Crippen LogP contribution in [-0.4, -0.2) is 62.2 Å². The fourth-order valence-corrected chi connectivity index (χ4v) is 5.48. The number of carboxylic acids is 1. The van der Waals surface area contributed by atoms with Crippen LogP contribution in [0.25, 0.3) is 11.1 Å². The number of aliphatic carboxylic acids is 1. The molecule has 0 amide bonds. The molecule has 0 aliphatic rings. The average Bonchev–Trinajstić information content (AvgIpc) is 3.12. The van der Waals surface area contributed by atoms with Gasteiger partial charge >= 0.3 is 47.9 Å². The van der Waals surface area contributed by atoms with Crippen molar-refractivity contribution in [3.63, 3.8) is 0 Å². The van der Waals surface area contributed by atoms with Crippen LogP contribution in [-0.2, 0) is 35.0 Å². The summed E-state index contributed by atoms with van der Waals surface area (Å²) in [5, 5.41) is 8.89. The van der Waals surface area contributed by atoms with Crippen molar-refractivity contribution in [3.8, 4) is 34.1 Å². The van der Waals surface area contributed by atoms with Crippen LogP contribution in [0.1, 0.15) is 60.4 Å². The van der Waals surface area contributed by atoms with E-state index >= 15 is 0 Å². The molecule has 4 aromatic rings. The van der Waals surface area contributed by atoms with Gasteiger partial charge in [0.15, 0.2) is 17.2 Å². The molecule has 4 rings (SSSR count). The Hall–Kier alpha value is -4.25. The molecule has 1 N–H and O–H groups in total. The monoisotopic (exact) mass is 788 g/mol. The summed E-state index contributed by atoms with van der Waals surface area (Å²) >= 11 is 0. The first-order chi connectivity index (χ1) is 25.5. The van der Waals surface area contributed by atoms with Crippen LogP contribution in [0.3, 0.4) is 0 Å². The van der Waals surface area contributed by atoms with Crippen molar-refractivity contribution < 1.29 is 89.5 Å². The molecule has 0 saturated heterocycles. The molecule has 0 bridgehead atoms. The summed E-state index contributed by atoms with van der Waals surface area (Å²) in [5.41, 5.74) is -0.527. The van der Waals surface area contributed by atoms with E-state index < -0.39 is 36.0 Å². The van der Waals surface area contributed by atoms with E-state index in [1.165, 1.54) is 38.6 Å². The van der Waals surface area contributed by atoms with Gasteiger partial charge in [-0.15, -0.1) is 0 Å². The molecule has 0 unspecified atom stereocenters. The summed E-state index contributed by atoms with van der Waals surface area (Å²) in [7, 11) is 4.46. The number of aromatic nitrogens is 2. The quantitative estimate of drug-likeness (QED) is 0.0755. The van der Waals surface area contributed by atoms with E-state index in [1.807, 2.05) is 32.0 Å². The maximum absolute atomic E-state index is 13.9. The number of methoxy groups -OCH3 is 3. The van der Waals surface area contributed by atoms with Crippen LogP contribution in [0.2, 0.25) is 0 Å². The van der Waals surface area contributed by atoms with E-state index in [-0.39, 0.29) is 98.0 Å². The second kappa shape index (κ2) is 20.1. The summed E-state index contributed by atoms with van der Waals surface area (Å²) in [6.07, 6.45) is -7.48. The Kier molecular flexibility index (Phi) is 16.5. The van der Waals surface area contributed by atoms with Gasteiger partial charge in [0, 0.05) is 32.2 Å². The van der Waals surface area contributed by atoms with E-state index in [1.54, 1.807) is 12.1 Å². The first-order valence-corrected chi connectivity index (χ1v) is 16.7. The van der Waals surface area contributed by atoms with E-state index in [0.29, 0.717) is 46.1 Å². The molecular formula is C38H41F6N3NaO7+. The SMILES string of the molecule is COCCOc1cc(-c2cc(C(C)C)ccc2OC)c(CN(Cc2cc(C(F)(F)F)cc(C(F)(F)F)c2)c2ncc(OCCCC(=O)O)cn2)cc1OC.[Na+]. The number of carboxylic acid groups (broad SMARTS) is 1. The Morgan fingerprint density at radius 1 is 0.764 bits per heavy atom. The van der Waals surface area contributed by atoms with Gasteiger partial charge in [-0.05, 0) is 77.1 Å². The topological polar surface area (TPSA) is 112 Å². The zero-order valence-electron chi connectivity index (χ0n) is 31.3. The maximum atomic E-state index is 13.9. The van der Waals surface area contributed by atoms with E-state index in [2.05, 4.69) is 9.97 Å². The molecule has 0 aliphatic heterocycles. The Balaban J connectivity index is 0.00000812. The van der Waals surface area contributed by atoms with Crippen molar-refractivity contribution in [1.29, 1.82) is 0 Å². The summed E-state index contributed by atoms with van der Waals surface area (Å²) < 4.78 is 111. The van der Waals surface area contributed by atoms with Crippen LogP contribution >= 0.6 is 0 Å². The predicted molar refractivity (Wildman–Crippen MR) is 187 cm³/mol. The smallest absolute Gasteiger partial charge is 0.496 e. The number of halogens is 6. The van der Waals surface area contributed by atoms with Crippen molar-refractivity contribution in [2.75, 3.05) is 46.0 Å². The van der Waals surface area contributed by atoms with E-state index in [4.69, 9.17) is 28.8 Å². The summed E-state index contributed by atoms with van der Waals surface area (Å²) in [5.74, 6) is 0.396. The average molecular weight is 789 g/mol. The molecule has 17 heteroatoms. The van der Waals surface area contributed by atoms with Gasteiger partial charge in [0.25, 0.3) is 0 Å². The van der Waals surface area contributed by atoms with Crippen molar-refractivity contribution in [2.24, 2.45) is 0 Å². The molecule has 0 spiro atoms. The third-order valence-corrected chi connectivity index (χ3v) is 8.20. The first-order valence-electron chi connectivity index (χ1n) is 16.7. The van der Waals surface area contributed by atoms with Crippen LogP contribution in [0, 0.1) is 0 Å². The Morgan fingerprint density at radius 2 is 1.40 bits per heavy atom. The third kappa shape index (κ3) is 12.6. The van der Waals surface area contributed by atoms with Crippen LogP contribution in [0.15, 0.2) is 60.9 Å². The van der Waals surface area contributed by atoms with Crippen molar-refractivity contribution in [2.45, 2.75) is 58.0 Å². The molecular weight excluding hydrogens is 747 g/mol. The normalized spacial score (nSPS) is 11.6. The minimum Gasteiger partial charge on any atom is -0.496 e. The molecule has 3 aromatic carbocycles. The van der Waals surface area contributed by atoms with Crippen molar-refractivity contribution in [3.05, 3.63) is 88.7 Å². The Bertz CT molecular complexity index is 1840. The Morgan fingerprint density at radius 3 is 1.95 bits per heavy atom. The van der Waals surface area contributed by atoms with E-state index in [9.17, 15) is 31.1 Å². The van der Waals surface area contributed by atoms with Gasteiger partial charge in [0.05, 0.1) is 51.0 Å². The first kappa shape index (κ1) is 45.1. The molecule has 0 aliphatic carbocycles. The molecule has 0 atom stereocenters. The third-order valence-electron chi connectivity index (χ3n) is 8.20. The number of carbonyl (C=O) groups is 1. The van der Waals surface area contributed by atoms with Crippen LogP contribution in [0.4, 0.5) is 32.3 Å². The van der Waals surface area contributed by atoms with Gasteiger partial charge in [0.2, 0.25) is 5.95 Å². The zero-order valence-corrected chi connectivity index (χ0v) is 33.3. The number of anilines is 1. The van der Waals surface area contributed by atoms with Crippen molar-refractivity contribution in [1.82, 2.24) is 9.97 Å². The molecule has 0 saturated carbocycles. The van der Waals surface area contributed by atoms with Gasteiger partial charge in [0.1, 0.15) is 12.4 Å². The van der Waals surface area contributed by atoms with Gasteiger partial charge in [-0.2, -0.15) is 26.3 Å². The molecule has 1 heterocycles. The zero-order chi connectivity index (χ0) is 39.6. The molecule has 292 valence electrons. The number of alkyl halides is 6. The maximum Gasteiger partial charge on any atom is 1.00 e. The number of nitrogens with zero attached hydrogens (tertiary/aromatic N) is 3. The van der Waals surface area contributed by atoms with Crippen LogP contribution in [0.5, 0.6) is 23.0 Å². The molecule has 55 heavy (non-hydrogen) atoms. The standard InChI is InChI=1S/C38H41F6N3O7.Na/c1-23(2)25-8-9-32(51-4)31(15-25)30-18-34(54-12-11-50-3)33(52-5)16-26(30)22-47(36-45-19-29(20-46-36)53-10-6-7-35(48)49)21-24-13-27(37(39,40)41)17-28(14-24)38(42,43)44;/h8-9,13-20,23H,6-7,10-12,21-22H2,1-5H3,(H,48,49);/q;+1. The van der Waals surface area contributed by atoms with Gasteiger partial charge in [-0.25, -0.2) is 9.97 Å². The van der Waals surface area contributed by atoms with Gasteiger partial charge in [-0.1, -0.05) is 19.9 Å². The minimum atomic E-state index is -5.06. The fraction of sp³-hybridized carbons (Fsp3) is 0.395. The van der Waals surface area contributed by atoms with E-state index in [0.717, 1.165) is 5.56 Å². The molecule has 0 radical (unpaired) electrons. The predicted octanol–water partition coefficient (Wildman–Crippen LogP) is 5.80. The number of benzene rings is 3. The minimum absolute atomic E-state index is 0. The molecule has 1 aromatic heterocycles. The summed E-state index contributed by atoms with van der Waals surface area (Å²) in [6.45, 7) is 3.90. The number of ether oxygens (including phenoxy) is 5. The number of rotatable bonds is 18. The van der Waals surface area contributed by atoms with Gasteiger partial charge < -0.3 is 33.7 Å². The van der Waals surface area contributed by atoms with Gasteiger partial charge in [-0.3, -0.25) is 4.79 Å². The second-order valence-electron chi connectivity index (χ2n) is 12.5. The van der Waals surface area contributed by atoms with Crippen molar-refractivity contribution >= 4 is 11.9 Å². The largest absolute Gasteiger partial charge is 1.00 e. The number of hydrogen-bond acceptors (Lipinski definition) is 9. The molecule has 10 nitrogen and oxygen atoms in total. The number of hydrogen-bond donors (Lipinski definition) is 1.